The van der Waals surface area contributed by atoms with Crippen molar-refractivity contribution in [1.29, 1.82) is 0 Å². The maximum absolute atomic E-state index is 12.5. The summed E-state index contributed by atoms with van der Waals surface area (Å²) in [6, 6.07) is 21.1. The Kier molecular flexibility index (Phi) is 9.70. The number of carbonyl (C=O) groups is 2. The van der Waals surface area contributed by atoms with Crippen LogP contribution in [0.15, 0.2) is 72.8 Å². The molecule has 0 bridgehead atoms. The summed E-state index contributed by atoms with van der Waals surface area (Å²) in [6.07, 6.45) is 0. The molecule has 10 heteroatoms. The number of hydrazine groups is 1. The molecule has 0 unspecified atom stereocenters. The van der Waals surface area contributed by atoms with Crippen molar-refractivity contribution in [3.63, 3.8) is 0 Å². The van der Waals surface area contributed by atoms with E-state index in [4.69, 9.17) is 38.0 Å². The van der Waals surface area contributed by atoms with Gasteiger partial charge in [0, 0.05) is 10.6 Å². The van der Waals surface area contributed by atoms with E-state index in [0.717, 1.165) is 11.3 Å². The molecule has 8 nitrogen and oxygen atoms in total. The highest BCUT2D eigenvalue weighted by atomic mass is 35.5. The summed E-state index contributed by atoms with van der Waals surface area (Å²) in [5.41, 5.74) is 5.97. The highest BCUT2D eigenvalue weighted by molar-refractivity contribution is 7.80. The molecule has 2 amide bonds. The van der Waals surface area contributed by atoms with Gasteiger partial charge in [0.2, 0.25) is 0 Å². The number of carbonyl (C=O) groups excluding carboxylic acids is 2. The zero-order valence-electron chi connectivity index (χ0n) is 18.9. The topological polar surface area (TPSA) is 97.9 Å². The molecule has 0 aliphatic rings. The molecule has 3 aromatic rings. The van der Waals surface area contributed by atoms with Gasteiger partial charge in [-0.1, -0.05) is 35.9 Å². The van der Waals surface area contributed by atoms with Gasteiger partial charge in [0.15, 0.2) is 11.7 Å². The summed E-state index contributed by atoms with van der Waals surface area (Å²) in [4.78, 5) is 24.5. The first-order valence-corrected chi connectivity index (χ1v) is 11.4. The van der Waals surface area contributed by atoms with E-state index in [-0.39, 0.29) is 11.7 Å². The monoisotopic (exact) mass is 513 g/mol. The molecule has 0 radical (unpaired) electrons. The molecule has 0 saturated carbocycles. The van der Waals surface area contributed by atoms with Gasteiger partial charge in [-0.15, -0.1) is 0 Å². The molecule has 3 rings (SSSR count). The molecule has 3 N–H and O–H groups in total. The van der Waals surface area contributed by atoms with Crippen LogP contribution in [0.2, 0.25) is 5.02 Å². The molecule has 0 aliphatic carbocycles. The number of nitrogens with one attached hydrogen (secondary N) is 3. The Morgan fingerprint density at radius 3 is 2.31 bits per heavy atom. The number of para-hydroxylation sites is 1. The molecule has 0 atom stereocenters. The van der Waals surface area contributed by atoms with E-state index in [1.54, 1.807) is 42.5 Å². The Balaban J connectivity index is 1.38. The van der Waals surface area contributed by atoms with E-state index in [1.165, 1.54) is 0 Å². The number of ether oxygens (including phenoxy) is 3. The van der Waals surface area contributed by atoms with Crippen molar-refractivity contribution < 1.29 is 23.8 Å². The smallest absolute Gasteiger partial charge is 0.276 e. The van der Waals surface area contributed by atoms with Crippen LogP contribution in [0.5, 0.6) is 17.2 Å². The van der Waals surface area contributed by atoms with Gasteiger partial charge in [0.05, 0.1) is 0 Å². The van der Waals surface area contributed by atoms with E-state index in [9.17, 15) is 9.59 Å². The second kappa shape index (κ2) is 13.2. The van der Waals surface area contributed by atoms with Crippen LogP contribution >= 0.6 is 23.8 Å². The third-order valence-corrected chi connectivity index (χ3v) is 4.94. The first kappa shape index (κ1) is 25.8. The van der Waals surface area contributed by atoms with Gasteiger partial charge >= 0.3 is 0 Å². The number of hydrogen-bond donors (Lipinski definition) is 3. The number of aryl methyl sites for hydroxylation is 1. The van der Waals surface area contributed by atoms with Crippen LogP contribution in [0, 0.1) is 6.92 Å². The van der Waals surface area contributed by atoms with Crippen molar-refractivity contribution in [3.05, 3.63) is 88.9 Å². The lowest BCUT2D eigenvalue weighted by molar-refractivity contribution is -0.123. The molecule has 3 aromatic carbocycles. The largest absolute Gasteiger partial charge is 0.490 e. The molecule has 0 aromatic heterocycles. The average Bonchev–Trinajstić information content (AvgIpc) is 2.85. The van der Waals surface area contributed by atoms with E-state index in [2.05, 4.69) is 16.2 Å². The highest BCUT2D eigenvalue weighted by Gasteiger charge is 2.11. The summed E-state index contributed by atoms with van der Waals surface area (Å²) in [5, 5.41) is 2.99. The predicted molar refractivity (Wildman–Crippen MR) is 137 cm³/mol. The molecule has 0 aliphatic heterocycles. The van der Waals surface area contributed by atoms with E-state index >= 15 is 0 Å². The second-order valence-corrected chi connectivity index (χ2v) is 8.04. The summed E-state index contributed by atoms with van der Waals surface area (Å²) in [7, 11) is 0. The SMILES string of the molecule is Cc1cc(Cl)ccc1OCC(=O)NNC(=S)NC(=O)c1cccc(OCCOc2ccccc2)c1. The number of hydrogen-bond acceptors (Lipinski definition) is 6. The molecule has 0 heterocycles. The van der Waals surface area contributed by atoms with Crippen molar-refractivity contribution in [2.45, 2.75) is 6.92 Å². The fraction of sp³-hybridized carbons (Fsp3) is 0.160. The van der Waals surface area contributed by atoms with Gasteiger partial charge in [-0.25, -0.2) is 0 Å². The Hall–Kier alpha value is -3.82. The minimum atomic E-state index is -0.482. The molecular formula is C25H24ClN3O5S. The van der Waals surface area contributed by atoms with Crippen LogP contribution < -0.4 is 30.4 Å². The fourth-order valence-corrected chi connectivity index (χ4v) is 3.22. The molecule has 0 saturated heterocycles. The number of amides is 2. The van der Waals surface area contributed by atoms with Gasteiger partial charge in [0.1, 0.15) is 30.5 Å². The number of benzene rings is 3. The standard InChI is InChI=1S/C25H24ClN3O5S/c1-17-14-19(26)10-11-22(17)34-16-23(30)28-29-25(35)27-24(31)18-6-5-9-21(15-18)33-13-12-32-20-7-3-2-4-8-20/h2-11,14-15H,12-13,16H2,1H3,(H,28,30)(H2,27,29,31,35). The van der Waals surface area contributed by atoms with Crippen molar-refractivity contribution in [2.24, 2.45) is 0 Å². The van der Waals surface area contributed by atoms with Crippen LogP contribution in [0.4, 0.5) is 0 Å². The lowest BCUT2D eigenvalue weighted by Crippen LogP contribution is -2.49. The van der Waals surface area contributed by atoms with E-state index in [1.807, 2.05) is 37.3 Å². The number of halogens is 1. The van der Waals surface area contributed by atoms with Gasteiger partial charge in [-0.2, -0.15) is 0 Å². The summed E-state index contributed by atoms with van der Waals surface area (Å²) in [5.74, 6) is 0.856. The summed E-state index contributed by atoms with van der Waals surface area (Å²) in [6.45, 7) is 2.24. The zero-order valence-corrected chi connectivity index (χ0v) is 20.4. The third-order valence-electron chi connectivity index (χ3n) is 4.50. The molecular weight excluding hydrogens is 490 g/mol. The van der Waals surface area contributed by atoms with Crippen molar-refractivity contribution in [3.8, 4) is 17.2 Å². The number of rotatable bonds is 9. The van der Waals surface area contributed by atoms with Gasteiger partial charge < -0.3 is 14.2 Å². The van der Waals surface area contributed by atoms with Crippen molar-refractivity contribution >= 4 is 40.7 Å². The minimum Gasteiger partial charge on any atom is -0.490 e. The maximum atomic E-state index is 12.5. The van der Waals surface area contributed by atoms with E-state index in [0.29, 0.717) is 35.3 Å². The van der Waals surface area contributed by atoms with Gasteiger partial charge in [-0.3, -0.25) is 25.8 Å². The first-order chi connectivity index (χ1) is 16.9. The van der Waals surface area contributed by atoms with Crippen LogP contribution in [0.25, 0.3) is 0 Å². The summed E-state index contributed by atoms with van der Waals surface area (Å²) >= 11 is 11.0. The maximum Gasteiger partial charge on any atom is 0.276 e. The van der Waals surface area contributed by atoms with Crippen LogP contribution in [-0.4, -0.2) is 36.7 Å². The van der Waals surface area contributed by atoms with Crippen LogP contribution in [0.3, 0.4) is 0 Å². The molecule has 0 spiro atoms. The van der Waals surface area contributed by atoms with Crippen molar-refractivity contribution in [2.75, 3.05) is 19.8 Å². The highest BCUT2D eigenvalue weighted by Crippen LogP contribution is 2.21. The van der Waals surface area contributed by atoms with Gasteiger partial charge in [-0.05, 0) is 73.2 Å². The Morgan fingerprint density at radius 2 is 1.57 bits per heavy atom. The summed E-state index contributed by atoms with van der Waals surface area (Å²) < 4.78 is 16.7. The minimum absolute atomic E-state index is 0.0754. The Morgan fingerprint density at radius 1 is 0.857 bits per heavy atom. The quantitative estimate of drug-likeness (QED) is 0.227. The predicted octanol–water partition coefficient (Wildman–Crippen LogP) is 3.82. The second-order valence-electron chi connectivity index (χ2n) is 7.19. The first-order valence-electron chi connectivity index (χ1n) is 10.6. The molecule has 35 heavy (non-hydrogen) atoms. The number of thiocarbonyl (C=S) groups is 1. The van der Waals surface area contributed by atoms with Crippen LogP contribution in [0.1, 0.15) is 15.9 Å². The lowest BCUT2D eigenvalue weighted by atomic mass is 10.2. The Labute approximate surface area is 213 Å². The average molecular weight is 514 g/mol. The zero-order chi connectivity index (χ0) is 25.0. The van der Waals surface area contributed by atoms with Gasteiger partial charge in [0.25, 0.3) is 11.8 Å². The molecule has 0 fully saturated rings. The Bertz CT molecular complexity index is 1180. The van der Waals surface area contributed by atoms with Crippen molar-refractivity contribution in [1.82, 2.24) is 16.2 Å². The normalized spacial score (nSPS) is 10.1. The lowest BCUT2D eigenvalue weighted by Gasteiger charge is -2.13. The van der Waals surface area contributed by atoms with Crippen LogP contribution in [-0.2, 0) is 4.79 Å². The molecule has 182 valence electrons. The third kappa shape index (κ3) is 8.80. The fourth-order valence-electron chi connectivity index (χ4n) is 2.85. The van der Waals surface area contributed by atoms with E-state index < -0.39 is 11.8 Å².